The van der Waals surface area contributed by atoms with E-state index >= 15 is 0 Å². The van der Waals surface area contributed by atoms with Crippen LogP contribution >= 0.6 is 15.9 Å². The van der Waals surface area contributed by atoms with Gasteiger partial charge in [-0.15, -0.1) is 0 Å². The molecule has 0 saturated heterocycles. The van der Waals surface area contributed by atoms with Gasteiger partial charge in [0, 0.05) is 16.7 Å². The Balaban J connectivity index is 2.72. The number of anilines is 1. The molecule has 1 aromatic carbocycles. The summed E-state index contributed by atoms with van der Waals surface area (Å²) in [6, 6.07) is 4.09. The Labute approximate surface area is 105 Å². The van der Waals surface area contributed by atoms with Crippen molar-refractivity contribution in [1.82, 2.24) is 0 Å². The highest BCUT2D eigenvalue weighted by Crippen LogP contribution is 2.25. The van der Waals surface area contributed by atoms with Gasteiger partial charge in [-0.3, -0.25) is 4.79 Å². The van der Waals surface area contributed by atoms with Crippen molar-refractivity contribution in [1.29, 1.82) is 0 Å². The molecule has 1 atom stereocenters. The molecule has 0 spiro atoms. The van der Waals surface area contributed by atoms with E-state index in [-0.39, 0.29) is 11.8 Å². The van der Waals surface area contributed by atoms with Crippen LogP contribution in [-0.2, 0) is 4.79 Å². The number of nitrogens with one attached hydrogen (secondary N) is 1. The fourth-order valence-corrected chi connectivity index (χ4v) is 1.65. The van der Waals surface area contributed by atoms with E-state index in [1.807, 2.05) is 32.9 Å². The molecule has 4 heteroatoms. The van der Waals surface area contributed by atoms with Crippen LogP contribution in [0.2, 0.25) is 0 Å². The first kappa shape index (κ1) is 13.0. The number of carbonyl (C=O) groups is 1. The van der Waals surface area contributed by atoms with E-state index in [9.17, 15) is 4.79 Å². The molecule has 1 aromatic rings. The first-order valence-electron chi connectivity index (χ1n) is 5.21. The highest BCUT2D eigenvalue weighted by atomic mass is 79.9. The number of hydrogen-bond acceptors (Lipinski definition) is 2. The van der Waals surface area contributed by atoms with E-state index in [4.69, 9.17) is 5.73 Å². The number of hydrogen-bond donors (Lipinski definition) is 2. The molecule has 0 aliphatic carbocycles. The zero-order chi connectivity index (χ0) is 12.3. The summed E-state index contributed by atoms with van der Waals surface area (Å²) in [5, 5.41) is 3.21. The van der Waals surface area contributed by atoms with Crippen LogP contribution in [0.3, 0.4) is 0 Å². The normalized spacial score (nSPS) is 12.2. The Morgan fingerprint density at radius 2 is 1.94 bits per heavy atom. The van der Waals surface area contributed by atoms with Gasteiger partial charge < -0.3 is 11.1 Å². The number of halogens is 1. The van der Waals surface area contributed by atoms with Gasteiger partial charge in [0.2, 0.25) is 5.91 Å². The molecule has 1 amide bonds. The second kappa shape index (κ2) is 5.34. The van der Waals surface area contributed by atoms with E-state index in [0.29, 0.717) is 6.54 Å². The Morgan fingerprint density at radius 1 is 1.44 bits per heavy atom. The number of aryl methyl sites for hydroxylation is 2. The fraction of sp³-hybridized carbons (Fsp3) is 0.417. The number of nitrogens with two attached hydrogens (primary N) is 1. The first-order chi connectivity index (χ1) is 7.41. The predicted molar refractivity (Wildman–Crippen MR) is 70.5 cm³/mol. The lowest BCUT2D eigenvalue weighted by Crippen LogP contribution is -2.26. The van der Waals surface area contributed by atoms with Gasteiger partial charge in [-0.05, 0) is 37.1 Å². The van der Waals surface area contributed by atoms with Gasteiger partial charge >= 0.3 is 0 Å². The third kappa shape index (κ3) is 3.23. The monoisotopic (exact) mass is 284 g/mol. The second-order valence-electron chi connectivity index (χ2n) is 4.11. The van der Waals surface area contributed by atoms with Crippen molar-refractivity contribution in [3.63, 3.8) is 0 Å². The van der Waals surface area contributed by atoms with E-state index < -0.39 is 0 Å². The van der Waals surface area contributed by atoms with Crippen molar-refractivity contribution < 1.29 is 4.79 Å². The van der Waals surface area contributed by atoms with Crippen LogP contribution in [0.15, 0.2) is 16.6 Å². The van der Waals surface area contributed by atoms with Crippen molar-refractivity contribution in [3.8, 4) is 0 Å². The average molecular weight is 285 g/mol. The lowest BCUT2D eigenvalue weighted by Gasteiger charge is -2.13. The van der Waals surface area contributed by atoms with Crippen LogP contribution in [0, 0.1) is 19.8 Å². The van der Waals surface area contributed by atoms with Crippen molar-refractivity contribution in [3.05, 3.63) is 27.7 Å². The minimum atomic E-state index is -0.280. The Hall–Kier alpha value is -1.03. The summed E-state index contributed by atoms with van der Waals surface area (Å²) >= 11 is 3.51. The summed E-state index contributed by atoms with van der Waals surface area (Å²) in [5.74, 6) is -0.442. The number of carbonyl (C=O) groups excluding carboxylic acids is 1. The summed E-state index contributed by atoms with van der Waals surface area (Å²) in [6.07, 6.45) is 0. The molecule has 3 nitrogen and oxygen atoms in total. The fourth-order valence-electron chi connectivity index (χ4n) is 1.42. The molecule has 0 fully saturated rings. The molecule has 88 valence electrons. The van der Waals surface area contributed by atoms with Crippen LogP contribution in [0.1, 0.15) is 18.1 Å². The molecule has 0 saturated carbocycles. The quantitative estimate of drug-likeness (QED) is 0.893. The van der Waals surface area contributed by atoms with Crippen molar-refractivity contribution in [2.45, 2.75) is 20.8 Å². The summed E-state index contributed by atoms with van der Waals surface area (Å²) in [7, 11) is 0. The van der Waals surface area contributed by atoms with Gasteiger partial charge in [0.1, 0.15) is 0 Å². The maximum absolute atomic E-state index is 10.9. The van der Waals surface area contributed by atoms with Crippen molar-refractivity contribution >= 4 is 27.5 Å². The maximum Gasteiger partial charge on any atom is 0.222 e. The average Bonchev–Trinajstić information content (AvgIpc) is 2.22. The predicted octanol–water partition coefficient (Wildman–Crippen LogP) is 2.60. The van der Waals surface area contributed by atoms with Gasteiger partial charge in [-0.25, -0.2) is 0 Å². The van der Waals surface area contributed by atoms with Gasteiger partial charge in [-0.2, -0.15) is 0 Å². The lowest BCUT2D eigenvalue weighted by atomic mass is 10.1. The minimum Gasteiger partial charge on any atom is -0.384 e. The standard InChI is InChI=1S/C12H17BrN2O/c1-7-4-10(5-8(2)11(7)13)15-6-9(3)12(14)16/h4-5,9,15H,6H2,1-3H3,(H2,14,16). The molecule has 0 aromatic heterocycles. The molecule has 16 heavy (non-hydrogen) atoms. The van der Waals surface area contributed by atoms with Crippen LogP contribution in [0.4, 0.5) is 5.69 Å². The highest BCUT2D eigenvalue weighted by molar-refractivity contribution is 9.10. The minimum absolute atomic E-state index is 0.163. The SMILES string of the molecule is Cc1cc(NCC(C)C(N)=O)cc(C)c1Br. The number of amides is 1. The van der Waals surface area contributed by atoms with Crippen LogP contribution < -0.4 is 11.1 Å². The van der Waals surface area contributed by atoms with Crippen LogP contribution in [-0.4, -0.2) is 12.5 Å². The van der Waals surface area contributed by atoms with Crippen LogP contribution in [0.5, 0.6) is 0 Å². The van der Waals surface area contributed by atoms with E-state index in [0.717, 1.165) is 10.2 Å². The second-order valence-corrected chi connectivity index (χ2v) is 4.90. The molecule has 0 heterocycles. The lowest BCUT2D eigenvalue weighted by molar-refractivity contribution is -0.120. The van der Waals surface area contributed by atoms with Gasteiger partial charge in [-0.1, -0.05) is 22.9 Å². The summed E-state index contributed by atoms with van der Waals surface area (Å²) in [6.45, 7) is 6.46. The van der Waals surface area contributed by atoms with Crippen molar-refractivity contribution in [2.24, 2.45) is 11.7 Å². The molecule has 0 aliphatic rings. The van der Waals surface area contributed by atoms with E-state index in [2.05, 4.69) is 21.2 Å². The first-order valence-corrected chi connectivity index (χ1v) is 6.01. The molecular weight excluding hydrogens is 268 g/mol. The third-order valence-electron chi connectivity index (χ3n) is 2.53. The van der Waals surface area contributed by atoms with E-state index in [1.165, 1.54) is 11.1 Å². The van der Waals surface area contributed by atoms with E-state index in [1.54, 1.807) is 0 Å². The summed E-state index contributed by atoms with van der Waals surface area (Å²) in [5.41, 5.74) is 8.57. The molecule has 0 radical (unpaired) electrons. The van der Waals surface area contributed by atoms with Gasteiger partial charge in [0.25, 0.3) is 0 Å². The topological polar surface area (TPSA) is 55.1 Å². The van der Waals surface area contributed by atoms with Crippen molar-refractivity contribution in [2.75, 3.05) is 11.9 Å². The largest absolute Gasteiger partial charge is 0.384 e. The molecule has 1 rings (SSSR count). The zero-order valence-electron chi connectivity index (χ0n) is 9.80. The molecule has 0 aliphatic heterocycles. The van der Waals surface area contributed by atoms with Gasteiger partial charge in [0.05, 0.1) is 5.92 Å². The summed E-state index contributed by atoms with van der Waals surface area (Å²) < 4.78 is 1.13. The molecular formula is C12H17BrN2O. The molecule has 1 unspecified atom stereocenters. The smallest absolute Gasteiger partial charge is 0.222 e. The molecule has 3 N–H and O–H groups in total. The summed E-state index contributed by atoms with van der Waals surface area (Å²) in [4.78, 5) is 10.9. The van der Waals surface area contributed by atoms with Crippen LogP contribution in [0.25, 0.3) is 0 Å². The maximum atomic E-state index is 10.9. The Bertz CT molecular complexity index is 381. The number of primary amides is 1. The Morgan fingerprint density at radius 3 is 2.38 bits per heavy atom. The third-order valence-corrected chi connectivity index (χ3v) is 3.79. The number of benzene rings is 1. The zero-order valence-corrected chi connectivity index (χ0v) is 11.4. The Kier molecular flexibility index (Phi) is 4.35. The number of rotatable bonds is 4. The van der Waals surface area contributed by atoms with Gasteiger partial charge in [0.15, 0.2) is 0 Å². The highest BCUT2D eigenvalue weighted by Gasteiger charge is 2.08. The molecule has 0 bridgehead atoms.